The quantitative estimate of drug-likeness (QED) is 0.627. The number of benzene rings is 1. The summed E-state index contributed by atoms with van der Waals surface area (Å²) in [5, 5.41) is 8.06. The van der Waals surface area contributed by atoms with Gasteiger partial charge in [0.25, 0.3) is 0 Å². The zero-order valence-electron chi connectivity index (χ0n) is 17.2. The van der Waals surface area contributed by atoms with E-state index in [2.05, 4.69) is 77.2 Å². The molecule has 1 aromatic heterocycles. The molecule has 0 radical (unpaired) electrons. The molecule has 1 fully saturated rings. The summed E-state index contributed by atoms with van der Waals surface area (Å²) >= 11 is 0. The Morgan fingerprint density at radius 3 is 2.74 bits per heavy atom. The van der Waals surface area contributed by atoms with E-state index in [0.29, 0.717) is 11.8 Å². The van der Waals surface area contributed by atoms with Crippen LogP contribution in [0.2, 0.25) is 0 Å². The number of likely N-dealkylation sites (tertiary alicyclic amines) is 1. The highest BCUT2D eigenvalue weighted by Crippen LogP contribution is 2.26. The third kappa shape index (κ3) is 5.12. The van der Waals surface area contributed by atoms with Gasteiger partial charge < -0.3 is 10.2 Å². The standard InChI is InChI=1S/C22H33N5/c1-5-23-22(24-14-17(2)15-27-19(4)13-18(3)25-27)26-12-11-21(16-26)20-9-7-6-8-10-20/h6-10,13,17,21H,5,11-12,14-16H2,1-4H3,(H,23,24). The van der Waals surface area contributed by atoms with Crippen LogP contribution >= 0.6 is 0 Å². The molecule has 1 saturated heterocycles. The number of aliphatic imine (C=N–C) groups is 1. The van der Waals surface area contributed by atoms with E-state index < -0.39 is 0 Å². The van der Waals surface area contributed by atoms with E-state index in [1.807, 2.05) is 6.92 Å². The first-order valence-electron chi connectivity index (χ1n) is 10.2. The molecular weight excluding hydrogens is 334 g/mol. The second kappa shape index (κ2) is 9.07. The number of nitrogens with zero attached hydrogens (tertiary/aromatic N) is 4. The molecule has 2 atom stereocenters. The predicted molar refractivity (Wildman–Crippen MR) is 112 cm³/mol. The minimum atomic E-state index is 0.448. The molecule has 3 rings (SSSR count). The van der Waals surface area contributed by atoms with Crippen LogP contribution in [0, 0.1) is 19.8 Å². The summed E-state index contributed by atoms with van der Waals surface area (Å²) in [6.45, 7) is 13.3. The third-order valence-corrected chi connectivity index (χ3v) is 5.23. The number of rotatable bonds is 6. The molecule has 2 unspecified atom stereocenters. The van der Waals surface area contributed by atoms with Crippen molar-refractivity contribution in [2.75, 3.05) is 26.2 Å². The average molecular weight is 368 g/mol. The molecule has 1 aliphatic heterocycles. The first-order valence-corrected chi connectivity index (χ1v) is 10.2. The van der Waals surface area contributed by atoms with Crippen LogP contribution in [0.1, 0.15) is 43.1 Å². The van der Waals surface area contributed by atoms with Crippen LogP contribution in [0.25, 0.3) is 0 Å². The van der Waals surface area contributed by atoms with Crippen molar-refractivity contribution in [2.45, 2.75) is 46.6 Å². The van der Waals surface area contributed by atoms with Gasteiger partial charge in [0.1, 0.15) is 0 Å². The van der Waals surface area contributed by atoms with Crippen LogP contribution in [0.15, 0.2) is 41.4 Å². The number of nitrogens with one attached hydrogen (secondary N) is 1. The van der Waals surface area contributed by atoms with Gasteiger partial charge in [-0.1, -0.05) is 37.3 Å². The van der Waals surface area contributed by atoms with Crippen molar-refractivity contribution in [3.63, 3.8) is 0 Å². The second-order valence-electron chi connectivity index (χ2n) is 7.75. The Hall–Kier alpha value is -2.30. The van der Waals surface area contributed by atoms with E-state index in [4.69, 9.17) is 4.99 Å². The van der Waals surface area contributed by atoms with Crippen LogP contribution < -0.4 is 5.32 Å². The van der Waals surface area contributed by atoms with Gasteiger partial charge in [-0.3, -0.25) is 9.67 Å². The zero-order valence-corrected chi connectivity index (χ0v) is 17.2. The van der Waals surface area contributed by atoms with Crippen LogP contribution in [-0.2, 0) is 6.54 Å². The minimum Gasteiger partial charge on any atom is -0.357 e. The Balaban J connectivity index is 1.60. The van der Waals surface area contributed by atoms with Crippen LogP contribution in [-0.4, -0.2) is 46.8 Å². The summed E-state index contributed by atoms with van der Waals surface area (Å²) in [6, 6.07) is 13.0. The molecular formula is C22H33N5. The Bertz CT molecular complexity index is 749. The molecule has 2 heterocycles. The minimum absolute atomic E-state index is 0.448. The van der Waals surface area contributed by atoms with Crippen molar-refractivity contribution >= 4 is 5.96 Å². The van der Waals surface area contributed by atoms with Crippen molar-refractivity contribution < 1.29 is 0 Å². The smallest absolute Gasteiger partial charge is 0.193 e. The summed E-state index contributed by atoms with van der Waals surface area (Å²) in [5.41, 5.74) is 3.75. The third-order valence-electron chi connectivity index (χ3n) is 5.23. The van der Waals surface area contributed by atoms with Gasteiger partial charge in [0.05, 0.1) is 5.69 Å². The normalized spacial score (nSPS) is 18.7. The molecule has 0 spiro atoms. The fraction of sp³-hybridized carbons (Fsp3) is 0.545. The fourth-order valence-electron chi connectivity index (χ4n) is 3.83. The monoisotopic (exact) mass is 367 g/mol. The molecule has 0 amide bonds. The highest BCUT2D eigenvalue weighted by Gasteiger charge is 2.26. The van der Waals surface area contributed by atoms with Crippen molar-refractivity contribution in [1.82, 2.24) is 20.0 Å². The Morgan fingerprint density at radius 1 is 1.30 bits per heavy atom. The lowest BCUT2D eigenvalue weighted by Gasteiger charge is -2.22. The van der Waals surface area contributed by atoms with Crippen molar-refractivity contribution in [2.24, 2.45) is 10.9 Å². The number of hydrogen-bond acceptors (Lipinski definition) is 2. The molecule has 2 aromatic rings. The van der Waals surface area contributed by atoms with Crippen molar-refractivity contribution in [1.29, 1.82) is 0 Å². The maximum Gasteiger partial charge on any atom is 0.193 e. The molecule has 0 saturated carbocycles. The van der Waals surface area contributed by atoms with E-state index in [1.165, 1.54) is 17.7 Å². The summed E-state index contributed by atoms with van der Waals surface area (Å²) in [7, 11) is 0. The fourth-order valence-corrected chi connectivity index (χ4v) is 3.83. The SMILES string of the molecule is CCNC(=NCC(C)Cn1nc(C)cc1C)N1CCC(c2ccccc2)C1. The molecule has 1 aliphatic rings. The Morgan fingerprint density at radius 2 is 2.07 bits per heavy atom. The van der Waals surface area contributed by atoms with Crippen LogP contribution in [0.5, 0.6) is 0 Å². The molecule has 0 bridgehead atoms. The summed E-state index contributed by atoms with van der Waals surface area (Å²) in [4.78, 5) is 7.36. The maximum atomic E-state index is 4.95. The van der Waals surface area contributed by atoms with E-state index >= 15 is 0 Å². The van der Waals surface area contributed by atoms with Gasteiger partial charge in [0.2, 0.25) is 0 Å². The number of guanidine groups is 1. The first-order chi connectivity index (χ1) is 13.1. The lowest BCUT2D eigenvalue weighted by Crippen LogP contribution is -2.40. The van der Waals surface area contributed by atoms with Gasteiger partial charge in [-0.05, 0) is 44.7 Å². The molecule has 5 heteroatoms. The van der Waals surface area contributed by atoms with E-state index in [-0.39, 0.29) is 0 Å². The number of aromatic nitrogens is 2. The van der Waals surface area contributed by atoms with Gasteiger partial charge >= 0.3 is 0 Å². The molecule has 1 N–H and O–H groups in total. The highest BCUT2D eigenvalue weighted by atomic mass is 15.3. The summed E-state index contributed by atoms with van der Waals surface area (Å²) in [6.07, 6.45) is 1.19. The van der Waals surface area contributed by atoms with Gasteiger partial charge in [-0.25, -0.2) is 0 Å². The van der Waals surface area contributed by atoms with E-state index in [9.17, 15) is 0 Å². The molecule has 27 heavy (non-hydrogen) atoms. The zero-order chi connectivity index (χ0) is 19.2. The van der Waals surface area contributed by atoms with E-state index in [1.54, 1.807) is 0 Å². The van der Waals surface area contributed by atoms with Gasteiger partial charge in [0, 0.05) is 44.3 Å². The van der Waals surface area contributed by atoms with E-state index in [0.717, 1.165) is 44.4 Å². The van der Waals surface area contributed by atoms with Gasteiger partial charge in [-0.15, -0.1) is 0 Å². The molecule has 1 aromatic carbocycles. The Labute approximate surface area is 163 Å². The van der Waals surface area contributed by atoms with Crippen LogP contribution in [0.3, 0.4) is 0 Å². The van der Waals surface area contributed by atoms with Crippen molar-refractivity contribution in [3.05, 3.63) is 53.3 Å². The average Bonchev–Trinajstić information content (AvgIpc) is 3.26. The number of aryl methyl sites for hydroxylation is 2. The molecule has 146 valence electrons. The lowest BCUT2D eigenvalue weighted by atomic mass is 9.99. The van der Waals surface area contributed by atoms with Gasteiger partial charge in [0.15, 0.2) is 5.96 Å². The highest BCUT2D eigenvalue weighted by molar-refractivity contribution is 5.80. The molecule has 0 aliphatic carbocycles. The predicted octanol–water partition coefficient (Wildman–Crippen LogP) is 3.59. The topological polar surface area (TPSA) is 45.5 Å². The Kier molecular flexibility index (Phi) is 6.54. The lowest BCUT2D eigenvalue weighted by molar-refractivity contribution is 0.440. The number of hydrogen-bond donors (Lipinski definition) is 1. The molecule has 5 nitrogen and oxygen atoms in total. The first kappa shape index (κ1) is 19.5. The van der Waals surface area contributed by atoms with Gasteiger partial charge in [-0.2, -0.15) is 5.10 Å². The van der Waals surface area contributed by atoms with Crippen LogP contribution in [0.4, 0.5) is 0 Å². The van der Waals surface area contributed by atoms with Crippen molar-refractivity contribution in [3.8, 4) is 0 Å². The summed E-state index contributed by atoms with van der Waals surface area (Å²) in [5.74, 6) is 2.10. The summed E-state index contributed by atoms with van der Waals surface area (Å²) < 4.78 is 2.10. The maximum absolute atomic E-state index is 4.95. The largest absolute Gasteiger partial charge is 0.357 e. The second-order valence-corrected chi connectivity index (χ2v) is 7.75.